The van der Waals surface area contributed by atoms with Crippen molar-refractivity contribution in [1.29, 1.82) is 0 Å². The predicted octanol–water partition coefficient (Wildman–Crippen LogP) is 3.60. The summed E-state index contributed by atoms with van der Waals surface area (Å²) < 4.78 is 58.7. The van der Waals surface area contributed by atoms with Crippen LogP contribution in [0.1, 0.15) is 35.9 Å². The molecule has 2 N–H and O–H groups in total. The molecule has 0 spiro atoms. The maximum Gasteiger partial charge on any atom is 0.266 e. The molecule has 182 valence electrons. The molecule has 0 unspecified atom stereocenters. The molecule has 1 aliphatic heterocycles. The number of carbonyl (C=O) groups is 2. The Kier molecular flexibility index (Phi) is 8.03. The average Bonchev–Trinajstić information content (AvgIpc) is 2.76. The van der Waals surface area contributed by atoms with Gasteiger partial charge < -0.3 is 20.3 Å². The summed E-state index contributed by atoms with van der Waals surface area (Å²) in [5.74, 6) is -0.574. The highest BCUT2D eigenvalue weighted by molar-refractivity contribution is 5.81. The van der Waals surface area contributed by atoms with E-state index in [-0.39, 0.29) is 42.9 Å². The van der Waals surface area contributed by atoms with Gasteiger partial charge in [-0.1, -0.05) is 18.2 Å². The first-order valence-electron chi connectivity index (χ1n) is 10.3. The predicted molar refractivity (Wildman–Crippen MR) is 116 cm³/mol. The Labute approximate surface area is 193 Å². The molecule has 0 saturated carbocycles. The zero-order chi connectivity index (χ0) is 24.8. The highest BCUT2D eigenvalue weighted by atomic mass is 19.3. The lowest BCUT2D eigenvalue weighted by molar-refractivity contribution is -0.143. The zero-order valence-corrected chi connectivity index (χ0v) is 18.4. The summed E-state index contributed by atoms with van der Waals surface area (Å²) in [7, 11) is 0. The van der Waals surface area contributed by atoms with E-state index < -0.39 is 30.4 Å². The smallest absolute Gasteiger partial charge is 0.266 e. The van der Waals surface area contributed by atoms with Crippen LogP contribution in [-0.2, 0) is 20.9 Å². The molecule has 1 fully saturated rings. The van der Waals surface area contributed by atoms with Gasteiger partial charge in [0, 0.05) is 12.1 Å². The highest BCUT2D eigenvalue weighted by Gasteiger charge is 2.32. The lowest BCUT2D eigenvalue weighted by atomic mass is 10.1. The van der Waals surface area contributed by atoms with E-state index in [1.54, 1.807) is 19.9 Å². The van der Waals surface area contributed by atoms with Gasteiger partial charge in [-0.15, -0.1) is 0 Å². The molecular weight excluding hydrogens is 458 g/mol. The van der Waals surface area contributed by atoms with E-state index in [2.05, 4.69) is 20.6 Å². The van der Waals surface area contributed by atoms with Gasteiger partial charge in [-0.3, -0.25) is 9.59 Å². The average molecular weight is 481 g/mol. The Morgan fingerprint density at radius 3 is 2.65 bits per heavy atom. The number of anilines is 2. The molecule has 2 aromatic rings. The largest absolute Gasteiger partial charge is 0.491 e. The number of rotatable bonds is 10. The Balaban J connectivity index is 1.83. The molecule has 2 amide bonds. The summed E-state index contributed by atoms with van der Waals surface area (Å²) in [6, 6.07) is 3.72. The third-order valence-corrected chi connectivity index (χ3v) is 5.06. The minimum atomic E-state index is -2.95. The van der Waals surface area contributed by atoms with Crippen LogP contribution < -0.4 is 10.6 Å². The van der Waals surface area contributed by atoms with Crippen LogP contribution in [0, 0.1) is 12.7 Å². The van der Waals surface area contributed by atoms with Crippen molar-refractivity contribution in [3.05, 3.63) is 52.3 Å². The quantitative estimate of drug-likeness (QED) is 0.306. The number of aryl methyl sites for hydroxylation is 1. The van der Waals surface area contributed by atoms with Gasteiger partial charge in [0.15, 0.2) is 6.67 Å². The maximum atomic E-state index is 14.4. The van der Waals surface area contributed by atoms with Crippen LogP contribution >= 0.6 is 0 Å². The van der Waals surface area contributed by atoms with Crippen LogP contribution in [0.4, 0.5) is 29.2 Å². The third-order valence-electron chi connectivity index (χ3n) is 5.06. The first-order valence-corrected chi connectivity index (χ1v) is 10.3. The molecule has 2 heterocycles. The normalized spacial score (nSPS) is 14.1. The van der Waals surface area contributed by atoms with Gasteiger partial charge in [-0.25, -0.2) is 27.5 Å². The van der Waals surface area contributed by atoms with Gasteiger partial charge in [0.2, 0.25) is 6.41 Å². The van der Waals surface area contributed by atoms with E-state index in [4.69, 9.17) is 4.74 Å². The van der Waals surface area contributed by atoms with E-state index in [9.17, 15) is 27.2 Å². The summed E-state index contributed by atoms with van der Waals surface area (Å²) in [5, 5.41) is 5.37. The van der Waals surface area contributed by atoms with Crippen molar-refractivity contribution in [3.63, 3.8) is 0 Å². The van der Waals surface area contributed by atoms with E-state index in [0.717, 1.165) is 6.07 Å². The fourth-order valence-corrected chi connectivity index (χ4v) is 3.40. The van der Waals surface area contributed by atoms with Crippen molar-refractivity contribution >= 4 is 30.0 Å². The van der Waals surface area contributed by atoms with Gasteiger partial charge in [-0.05, 0) is 19.9 Å². The van der Waals surface area contributed by atoms with Crippen molar-refractivity contribution < 1.29 is 31.9 Å². The number of hydrogen-bond acceptors (Lipinski definition) is 6. The molecule has 1 saturated heterocycles. The molecule has 0 radical (unpaired) electrons. The highest BCUT2D eigenvalue weighted by Crippen LogP contribution is 2.28. The summed E-state index contributed by atoms with van der Waals surface area (Å²) in [5.41, 5.74) is -0.378. The molecule has 3 rings (SSSR count). The number of likely N-dealkylation sites (tertiary alicyclic amines) is 1. The number of amides is 2. The summed E-state index contributed by atoms with van der Waals surface area (Å²) in [6.45, 7) is 2.47. The Hall–Kier alpha value is -3.70. The summed E-state index contributed by atoms with van der Waals surface area (Å²) in [4.78, 5) is 32.2. The fourth-order valence-electron chi connectivity index (χ4n) is 3.40. The molecule has 34 heavy (non-hydrogen) atoms. The van der Waals surface area contributed by atoms with Gasteiger partial charge in [-0.2, -0.15) is 0 Å². The number of nitrogens with zero attached hydrogens (tertiary/aromatic N) is 3. The minimum Gasteiger partial charge on any atom is -0.491 e. The third kappa shape index (κ3) is 5.80. The molecule has 0 aliphatic carbocycles. The lowest BCUT2D eigenvalue weighted by Gasteiger charge is -2.38. The van der Waals surface area contributed by atoms with Gasteiger partial charge in [0.1, 0.15) is 29.4 Å². The van der Waals surface area contributed by atoms with Crippen molar-refractivity contribution in [1.82, 2.24) is 14.9 Å². The second-order valence-electron chi connectivity index (χ2n) is 7.55. The number of hydrogen-bond donors (Lipinski definition) is 2. The van der Waals surface area contributed by atoms with Crippen LogP contribution in [0.15, 0.2) is 24.0 Å². The van der Waals surface area contributed by atoms with Gasteiger partial charge in [0.05, 0.1) is 30.0 Å². The number of halogens is 4. The topological polar surface area (TPSA) is 96.4 Å². The van der Waals surface area contributed by atoms with Crippen LogP contribution in [0.5, 0.6) is 0 Å². The maximum absolute atomic E-state index is 14.4. The van der Waals surface area contributed by atoms with Crippen molar-refractivity contribution in [3.8, 4) is 0 Å². The molecular formula is C22H23F4N5O3. The van der Waals surface area contributed by atoms with Crippen LogP contribution in [-0.4, -0.2) is 53.1 Å². The van der Waals surface area contributed by atoms with E-state index >= 15 is 0 Å². The SMILES string of the molecule is C/C(=C\c1c(NC=O)nc(C)nc1NCc1cccc(C(F)F)c1F)OC1CN(C(=O)CF)C1. The Morgan fingerprint density at radius 1 is 1.29 bits per heavy atom. The molecule has 1 aromatic heterocycles. The van der Waals surface area contributed by atoms with Crippen LogP contribution in [0.3, 0.4) is 0 Å². The first kappa shape index (κ1) is 24.9. The molecule has 0 bridgehead atoms. The molecule has 8 nitrogen and oxygen atoms in total. The zero-order valence-electron chi connectivity index (χ0n) is 18.4. The van der Waals surface area contributed by atoms with Crippen molar-refractivity contribution in [2.24, 2.45) is 0 Å². The Morgan fingerprint density at radius 2 is 2.00 bits per heavy atom. The van der Waals surface area contributed by atoms with E-state index in [1.165, 1.54) is 17.0 Å². The monoisotopic (exact) mass is 481 g/mol. The number of alkyl halides is 3. The van der Waals surface area contributed by atoms with E-state index in [0.29, 0.717) is 23.6 Å². The second-order valence-corrected chi connectivity index (χ2v) is 7.55. The number of nitrogens with one attached hydrogen (secondary N) is 2. The standard InChI is InChI=1S/C22H23F4N5O3/c1-12(34-15-9-31(10-15)18(33)7-23)6-17-21(29-13(2)30-22(17)28-11-32)27-8-14-4-3-5-16(19(14)24)20(25)26/h3-6,11,15,20H,7-10H2,1-2H3,(H2,27,28,29,30,32)/b12-6+. The number of carbonyl (C=O) groups excluding carboxylic acids is 2. The summed E-state index contributed by atoms with van der Waals surface area (Å²) in [6.07, 6.45) is -1.31. The number of allylic oxidation sites excluding steroid dienone is 1. The van der Waals surface area contributed by atoms with E-state index in [1.807, 2.05) is 0 Å². The van der Waals surface area contributed by atoms with Crippen molar-refractivity contribution in [2.75, 3.05) is 30.4 Å². The minimum absolute atomic E-state index is 0.00829. The second kappa shape index (κ2) is 10.9. The Bertz CT molecular complexity index is 1090. The van der Waals surface area contributed by atoms with Crippen molar-refractivity contribution in [2.45, 2.75) is 32.9 Å². The molecule has 12 heteroatoms. The first-order chi connectivity index (χ1) is 16.2. The lowest BCUT2D eigenvalue weighted by Crippen LogP contribution is -2.55. The van der Waals surface area contributed by atoms with Gasteiger partial charge >= 0.3 is 0 Å². The summed E-state index contributed by atoms with van der Waals surface area (Å²) >= 11 is 0. The van der Waals surface area contributed by atoms with Crippen LogP contribution in [0.25, 0.3) is 6.08 Å². The van der Waals surface area contributed by atoms with Gasteiger partial charge in [0.25, 0.3) is 12.3 Å². The van der Waals surface area contributed by atoms with Crippen LogP contribution in [0.2, 0.25) is 0 Å². The number of benzene rings is 1. The number of aromatic nitrogens is 2. The number of ether oxygens (including phenoxy) is 1. The molecule has 1 aliphatic rings. The molecule has 1 aromatic carbocycles. The molecule has 0 atom stereocenters. The fraction of sp³-hybridized carbons (Fsp3) is 0.364.